The third-order valence-electron chi connectivity index (χ3n) is 4.31. The summed E-state index contributed by atoms with van der Waals surface area (Å²) in [7, 11) is 0. The Morgan fingerprint density at radius 3 is 3.00 bits per heavy atom. The Balaban J connectivity index is 1.43. The first-order chi connectivity index (χ1) is 13.7. The minimum atomic E-state index is -0.0692. The van der Waals surface area contributed by atoms with E-state index >= 15 is 0 Å². The number of thiazole rings is 1. The maximum absolute atomic E-state index is 12.2. The Kier molecular flexibility index (Phi) is 5.98. The van der Waals surface area contributed by atoms with Crippen molar-refractivity contribution < 1.29 is 9.53 Å². The number of benzene rings is 1. The first-order valence-corrected chi connectivity index (χ1v) is 10.9. The van der Waals surface area contributed by atoms with E-state index in [-0.39, 0.29) is 12.0 Å². The van der Waals surface area contributed by atoms with E-state index in [1.165, 1.54) is 23.1 Å². The number of hydrogen-bond donors (Lipinski definition) is 0. The monoisotopic (exact) mass is 416 g/mol. The number of rotatable bonds is 7. The maximum atomic E-state index is 12.2. The zero-order valence-electron chi connectivity index (χ0n) is 15.4. The van der Waals surface area contributed by atoms with Crippen molar-refractivity contribution >= 4 is 39.8 Å². The zero-order chi connectivity index (χ0) is 19.3. The number of amides is 1. The number of nitrogens with zero attached hydrogens (tertiary/aromatic N) is 6. The molecule has 2 aromatic heterocycles. The average molecular weight is 417 g/mol. The van der Waals surface area contributed by atoms with Crippen molar-refractivity contribution in [2.45, 2.75) is 43.3 Å². The zero-order valence-corrected chi connectivity index (χ0v) is 17.0. The first kappa shape index (κ1) is 19.0. The van der Waals surface area contributed by atoms with Crippen LogP contribution in [0.15, 0.2) is 40.9 Å². The van der Waals surface area contributed by atoms with Crippen LogP contribution >= 0.6 is 23.1 Å². The highest BCUT2D eigenvalue weighted by Crippen LogP contribution is 2.30. The number of carbonyl (C=O) groups is 1. The van der Waals surface area contributed by atoms with Gasteiger partial charge in [-0.05, 0) is 35.4 Å². The summed E-state index contributed by atoms with van der Waals surface area (Å²) < 4.78 is 7.46. The van der Waals surface area contributed by atoms with Crippen LogP contribution in [-0.2, 0) is 21.8 Å². The van der Waals surface area contributed by atoms with Crippen molar-refractivity contribution in [3.05, 3.63) is 41.4 Å². The summed E-state index contributed by atoms with van der Waals surface area (Å²) in [5.41, 5.74) is 1.70. The smallest absolute Gasteiger partial charge is 0.230 e. The normalized spacial score (nSPS) is 16.4. The fraction of sp³-hybridized carbons (Fsp3) is 0.389. The van der Waals surface area contributed by atoms with E-state index in [2.05, 4.69) is 20.5 Å². The quantitative estimate of drug-likeness (QED) is 0.546. The SMILES string of the molecule is CC(=O)N(c1ccccc1)c1nc(CSc2nnnn2C[C@@H]2CCCO2)cs1. The Morgan fingerprint density at radius 2 is 2.25 bits per heavy atom. The number of hydrogen-bond acceptors (Lipinski definition) is 8. The number of thioether (sulfide) groups is 1. The lowest BCUT2D eigenvalue weighted by Gasteiger charge is -2.17. The Bertz CT molecular complexity index is 923. The van der Waals surface area contributed by atoms with E-state index in [9.17, 15) is 4.79 Å². The minimum Gasteiger partial charge on any atom is -0.376 e. The van der Waals surface area contributed by atoms with E-state index < -0.39 is 0 Å². The van der Waals surface area contributed by atoms with Gasteiger partial charge in [-0.15, -0.1) is 16.4 Å². The summed E-state index contributed by atoms with van der Waals surface area (Å²) in [6, 6.07) is 9.53. The number of aromatic nitrogens is 5. The molecule has 0 spiro atoms. The highest BCUT2D eigenvalue weighted by molar-refractivity contribution is 7.98. The molecule has 0 radical (unpaired) electrons. The van der Waals surface area contributed by atoms with Gasteiger partial charge in [-0.1, -0.05) is 30.0 Å². The molecule has 4 rings (SSSR count). The lowest BCUT2D eigenvalue weighted by atomic mass is 10.2. The molecule has 1 aromatic carbocycles. The molecule has 1 saturated heterocycles. The lowest BCUT2D eigenvalue weighted by Crippen LogP contribution is -2.22. The average Bonchev–Trinajstić information content (AvgIpc) is 3.44. The van der Waals surface area contributed by atoms with Gasteiger partial charge >= 0.3 is 0 Å². The van der Waals surface area contributed by atoms with Crippen LogP contribution in [0.5, 0.6) is 0 Å². The van der Waals surface area contributed by atoms with E-state index in [0.29, 0.717) is 17.4 Å². The second-order valence-electron chi connectivity index (χ2n) is 6.38. The molecule has 28 heavy (non-hydrogen) atoms. The molecule has 1 amide bonds. The van der Waals surface area contributed by atoms with Gasteiger partial charge in [0.05, 0.1) is 24.0 Å². The van der Waals surface area contributed by atoms with Crippen molar-refractivity contribution in [1.82, 2.24) is 25.2 Å². The van der Waals surface area contributed by atoms with E-state index in [1.807, 2.05) is 35.7 Å². The molecule has 0 saturated carbocycles. The third kappa shape index (κ3) is 4.40. The van der Waals surface area contributed by atoms with Gasteiger partial charge in [0.2, 0.25) is 11.1 Å². The first-order valence-electron chi connectivity index (χ1n) is 9.01. The second kappa shape index (κ2) is 8.80. The van der Waals surface area contributed by atoms with Crippen molar-refractivity contribution in [3.63, 3.8) is 0 Å². The van der Waals surface area contributed by atoms with Crippen LogP contribution in [0, 0.1) is 0 Å². The van der Waals surface area contributed by atoms with Gasteiger partial charge in [0.1, 0.15) is 0 Å². The number of tetrazole rings is 1. The van der Waals surface area contributed by atoms with Gasteiger partial charge in [-0.25, -0.2) is 9.67 Å². The molecule has 8 nitrogen and oxygen atoms in total. The maximum Gasteiger partial charge on any atom is 0.230 e. The molecule has 0 aliphatic carbocycles. The van der Waals surface area contributed by atoms with Crippen molar-refractivity contribution in [2.75, 3.05) is 11.5 Å². The van der Waals surface area contributed by atoms with Gasteiger partial charge < -0.3 is 4.74 Å². The molecule has 0 N–H and O–H groups in total. The standard InChI is InChI=1S/C18H20N6O2S2/c1-13(25)24(15-6-3-2-4-7-15)17-19-14(11-27-17)12-28-18-20-21-22-23(18)10-16-8-5-9-26-16/h2-4,6-7,11,16H,5,8-10,12H2,1H3/t16-/m0/s1. The molecule has 3 heterocycles. The molecule has 1 atom stereocenters. The van der Waals surface area contributed by atoms with Crippen molar-refractivity contribution in [3.8, 4) is 0 Å². The summed E-state index contributed by atoms with van der Waals surface area (Å²) in [5, 5.41) is 15.3. The fourth-order valence-electron chi connectivity index (χ4n) is 3.00. The van der Waals surface area contributed by atoms with Crippen molar-refractivity contribution in [1.29, 1.82) is 0 Å². The molecular formula is C18H20N6O2S2. The largest absolute Gasteiger partial charge is 0.376 e. The molecule has 1 fully saturated rings. The van der Waals surface area contributed by atoms with E-state index in [4.69, 9.17) is 4.74 Å². The van der Waals surface area contributed by atoms with E-state index in [1.54, 1.807) is 16.5 Å². The Morgan fingerprint density at radius 1 is 1.39 bits per heavy atom. The number of ether oxygens (including phenoxy) is 1. The number of para-hydroxylation sites is 1. The molecule has 1 aliphatic rings. The van der Waals surface area contributed by atoms with Crippen molar-refractivity contribution in [2.24, 2.45) is 0 Å². The van der Waals surface area contributed by atoms with Gasteiger partial charge in [-0.2, -0.15) is 0 Å². The highest BCUT2D eigenvalue weighted by Gasteiger charge is 2.20. The topological polar surface area (TPSA) is 86.0 Å². The van der Waals surface area contributed by atoms with Crippen LogP contribution in [0.3, 0.4) is 0 Å². The lowest BCUT2D eigenvalue weighted by molar-refractivity contribution is -0.115. The second-order valence-corrected chi connectivity index (χ2v) is 8.16. The Hall–Kier alpha value is -2.30. The Labute approximate surface area is 170 Å². The highest BCUT2D eigenvalue weighted by atomic mass is 32.2. The predicted molar refractivity (Wildman–Crippen MR) is 108 cm³/mol. The molecule has 0 unspecified atom stereocenters. The van der Waals surface area contributed by atoms with Crippen LogP contribution in [0.1, 0.15) is 25.5 Å². The third-order valence-corrected chi connectivity index (χ3v) is 6.17. The van der Waals surface area contributed by atoms with E-state index in [0.717, 1.165) is 36.0 Å². The van der Waals surface area contributed by atoms with Crippen LogP contribution in [-0.4, -0.2) is 43.8 Å². The summed E-state index contributed by atoms with van der Waals surface area (Å²) in [6.07, 6.45) is 2.31. The van der Waals surface area contributed by atoms with Gasteiger partial charge in [0.25, 0.3) is 0 Å². The summed E-state index contributed by atoms with van der Waals surface area (Å²) in [6.45, 7) is 3.02. The fourth-order valence-corrected chi connectivity index (χ4v) is 4.77. The predicted octanol–water partition coefficient (Wildman–Crippen LogP) is 3.29. The summed E-state index contributed by atoms with van der Waals surface area (Å²) in [4.78, 5) is 18.4. The molecule has 0 bridgehead atoms. The van der Waals surface area contributed by atoms with Gasteiger partial charge in [-0.3, -0.25) is 9.69 Å². The summed E-state index contributed by atoms with van der Waals surface area (Å²) in [5.74, 6) is 0.559. The number of anilines is 2. The molecule has 3 aromatic rings. The molecule has 10 heteroatoms. The minimum absolute atomic E-state index is 0.0692. The molecular weight excluding hydrogens is 396 g/mol. The number of carbonyl (C=O) groups excluding carboxylic acids is 1. The van der Waals surface area contributed by atoms with Crippen LogP contribution < -0.4 is 4.90 Å². The van der Waals surface area contributed by atoms with Crippen LogP contribution in [0.2, 0.25) is 0 Å². The van der Waals surface area contributed by atoms with Crippen LogP contribution in [0.25, 0.3) is 0 Å². The molecule has 1 aliphatic heterocycles. The molecule has 146 valence electrons. The van der Waals surface area contributed by atoms with Gasteiger partial charge in [0.15, 0.2) is 5.13 Å². The van der Waals surface area contributed by atoms with Gasteiger partial charge in [0, 0.05) is 24.7 Å². The summed E-state index contributed by atoms with van der Waals surface area (Å²) >= 11 is 2.98. The van der Waals surface area contributed by atoms with Crippen LogP contribution in [0.4, 0.5) is 10.8 Å².